The van der Waals surface area contributed by atoms with E-state index in [-0.39, 0.29) is 17.9 Å². The zero-order valence-electron chi connectivity index (χ0n) is 8.92. The third-order valence-corrected chi connectivity index (χ3v) is 2.38. The number of nitrogens with one attached hydrogen (secondary N) is 1. The van der Waals surface area contributed by atoms with Crippen LogP contribution < -0.4 is 11.1 Å². The zero-order chi connectivity index (χ0) is 11.2. The first-order chi connectivity index (χ1) is 6.40. The van der Waals surface area contributed by atoms with E-state index in [4.69, 9.17) is 22.7 Å². The number of carbonyl (C=O) groups excluding carboxylic acids is 1. The highest BCUT2D eigenvalue weighted by atomic mass is 32.1. The number of hydrogen-bond acceptors (Lipinski definition) is 3. The Bertz CT molecular complexity index is 217. The summed E-state index contributed by atoms with van der Waals surface area (Å²) in [6.07, 6.45) is 0. The van der Waals surface area contributed by atoms with Gasteiger partial charge >= 0.3 is 0 Å². The molecule has 14 heavy (non-hydrogen) atoms. The highest BCUT2D eigenvalue weighted by molar-refractivity contribution is 7.80. The number of rotatable bonds is 6. The highest BCUT2D eigenvalue weighted by Gasteiger charge is 2.21. The fourth-order valence-corrected chi connectivity index (χ4v) is 0.725. The Hall–Kier alpha value is -0.680. The summed E-state index contributed by atoms with van der Waals surface area (Å²) >= 11 is 4.87. The van der Waals surface area contributed by atoms with Gasteiger partial charge in [0.25, 0.3) is 0 Å². The predicted octanol–water partition coefficient (Wildman–Crippen LogP) is 0.451. The molecule has 1 amide bonds. The van der Waals surface area contributed by atoms with Gasteiger partial charge in [0, 0.05) is 18.6 Å². The first-order valence-corrected chi connectivity index (χ1v) is 4.95. The van der Waals surface area contributed by atoms with Crippen molar-refractivity contribution < 1.29 is 9.53 Å². The first kappa shape index (κ1) is 13.3. The van der Waals surface area contributed by atoms with Gasteiger partial charge in [0.1, 0.15) is 6.61 Å². The van der Waals surface area contributed by atoms with Crippen LogP contribution in [0.15, 0.2) is 0 Å². The number of carbonyl (C=O) groups is 1. The van der Waals surface area contributed by atoms with E-state index in [2.05, 4.69) is 5.32 Å². The Morgan fingerprint density at radius 1 is 1.57 bits per heavy atom. The van der Waals surface area contributed by atoms with Crippen molar-refractivity contribution in [2.75, 3.05) is 19.8 Å². The van der Waals surface area contributed by atoms with Crippen molar-refractivity contribution in [2.24, 2.45) is 11.1 Å². The second-order valence-electron chi connectivity index (χ2n) is 3.66. The third kappa shape index (κ3) is 5.14. The van der Waals surface area contributed by atoms with Crippen molar-refractivity contribution in [1.82, 2.24) is 5.32 Å². The molecular formula is C9H18N2O2S. The molecule has 0 bridgehead atoms. The molecule has 0 radical (unpaired) electrons. The van der Waals surface area contributed by atoms with Crippen LogP contribution in [0.4, 0.5) is 0 Å². The fraction of sp³-hybridized carbons (Fsp3) is 0.778. The van der Waals surface area contributed by atoms with Crippen molar-refractivity contribution in [3.63, 3.8) is 0 Å². The molecular weight excluding hydrogens is 200 g/mol. The summed E-state index contributed by atoms with van der Waals surface area (Å²) in [5.74, 6) is -0.142. The molecule has 0 saturated carbocycles. The topological polar surface area (TPSA) is 64.3 Å². The maximum absolute atomic E-state index is 11.2. The van der Waals surface area contributed by atoms with Crippen LogP contribution in [0.1, 0.15) is 20.8 Å². The predicted molar refractivity (Wildman–Crippen MR) is 60.1 cm³/mol. The van der Waals surface area contributed by atoms with E-state index in [1.54, 1.807) is 0 Å². The van der Waals surface area contributed by atoms with Crippen LogP contribution in [-0.2, 0) is 9.53 Å². The molecule has 4 nitrogen and oxygen atoms in total. The van der Waals surface area contributed by atoms with Gasteiger partial charge in [-0.2, -0.15) is 0 Å². The first-order valence-electron chi connectivity index (χ1n) is 4.54. The average molecular weight is 218 g/mol. The minimum absolute atomic E-state index is 0.0872. The summed E-state index contributed by atoms with van der Waals surface area (Å²) in [6.45, 7) is 6.67. The van der Waals surface area contributed by atoms with Gasteiger partial charge in [-0.05, 0) is 6.92 Å². The van der Waals surface area contributed by atoms with Crippen molar-refractivity contribution in [1.29, 1.82) is 0 Å². The van der Waals surface area contributed by atoms with E-state index < -0.39 is 0 Å². The van der Waals surface area contributed by atoms with E-state index in [0.29, 0.717) is 18.1 Å². The van der Waals surface area contributed by atoms with E-state index >= 15 is 0 Å². The lowest BCUT2D eigenvalue weighted by molar-refractivity contribution is -0.125. The van der Waals surface area contributed by atoms with Gasteiger partial charge in [-0.1, -0.05) is 26.1 Å². The van der Waals surface area contributed by atoms with Gasteiger partial charge in [0.05, 0.1) is 4.99 Å². The summed E-state index contributed by atoms with van der Waals surface area (Å²) in [6, 6.07) is 0. The Kier molecular flexibility index (Phi) is 5.64. The molecule has 0 aromatic carbocycles. The quantitative estimate of drug-likeness (QED) is 0.635. The molecule has 0 atom stereocenters. The smallest absolute Gasteiger partial charge is 0.246 e. The molecule has 0 rings (SSSR count). The van der Waals surface area contributed by atoms with Crippen LogP contribution in [0.5, 0.6) is 0 Å². The van der Waals surface area contributed by atoms with Crippen LogP contribution >= 0.6 is 12.2 Å². The summed E-state index contributed by atoms with van der Waals surface area (Å²) in [7, 11) is 0. The van der Waals surface area contributed by atoms with Crippen molar-refractivity contribution >= 4 is 23.1 Å². The van der Waals surface area contributed by atoms with E-state index in [1.807, 2.05) is 20.8 Å². The number of ether oxygens (including phenoxy) is 1. The molecule has 0 saturated heterocycles. The van der Waals surface area contributed by atoms with Gasteiger partial charge in [-0.3, -0.25) is 4.79 Å². The lowest BCUT2D eigenvalue weighted by atomic mass is 9.94. The van der Waals surface area contributed by atoms with Crippen molar-refractivity contribution in [3.05, 3.63) is 0 Å². The van der Waals surface area contributed by atoms with E-state index in [0.717, 1.165) is 0 Å². The molecule has 5 heteroatoms. The number of hydrogen-bond donors (Lipinski definition) is 2. The molecule has 0 aromatic rings. The zero-order valence-corrected chi connectivity index (χ0v) is 9.74. The second kappa shape index (κ2) is 5.93. The van der Waals surface area contributed by atoms with E-state index in [1.165, 1.54) is 0 Å². The molecule has 0 aromatic heterocycles. The van der Waals surface area contributed by atoms with Crippen LogP contribution in [0.25, 0.3) is 0 Å². The molecule has 0 aliphatic rings. The fourth-order valence-electron chi connectivity index (χ4n) is 0.652. The monoisotopic (exact) mass is 218 g/mol. The summed E-state index contributed by atoms with van der Waals surface area (Å²) < 4.78 is 4.94. The molecule has 0 heterocycles. The maximum atomic E-state index is 11.2. The Balaban J connectivity index is 3.82. The number of amides is 1. The average Bonchev–Trinajstić information content (AvgIpc) is 2.11. The molecule has 0 fully saturated rings. The Morgan fingerprint density at radius 3 is 2.57 bits per heavy atom. The molecule has 0 aliphatic carbocycles. The largest absolute Gasteiger partial charge is 0.393 e. The Labute approximate surface area is 90.2 Å². The van der Waals surface area contributed by atoms with Gasteiger partial charge < -0.3 is 15.8 Å². The maximum Gasteiger partial charge on any atom is 0.246 e. The van der Waals surface area contributed by atoms with Crippen LogP contribution in [0, 0.1) is 5.41 Å². The Morgan fingerprint density at radius 2 is 2.14 bits per heavy atom. The van der Waals surface area contributed by atoms with Crippen molar-refractivity contribution in [2.45, 2.75) is 20.8 Å². The molecule has 0 unspecified atom stereocenters. The van der Waals surface area contributed by atoms with Gasteiger partial charge in [-0.25, -0.2) is 0 Å². The van der Waals surface area contributed by atoms with Gasteiger partial charge in [-0.15, -0.1) is 0 Å². The van der Waals surface area contributed by atoms with Crippen LogP contribution in [-0.4, -0.2) is 30.7 Å². The lowest BCUT2D eigenvalue weighted by Gasteiger charge is -2.23. The summed E-state index contributed by atoms with van der Waals surface area (Å²) in [4.78, 5) is 11.5. The van der Waals surface area contributed by atoms with Crippen molar-refractivity contribution in [3.8, 4) is 0 Å². The molecule has 3 N–H and O–H groups in total. The lowest BCUT2D eigenvalue weighted by Crippen LogP contribution is -2.42. The molecule has 82 valence electrons. The highest BCUT2D eigenvalue weighted by Crippen LogP contribution is 2.13. The molecule has 0 aliphatic heterocycles. The van der Waals surface area contributed by atoms with Crippen LogP contribution in [0.2, 0.25) is 0 Å². The second-order valence-corrected chi connectivity index (χ2v) is 4.10. The van der Waals surface area contributed by atoms with Crippen LogP contribution in [0.3, 0.4) is 0 Å². The number of thiocarbonyl (C=S) groups is 1. The van der Waals surface area contributed by atoms with E-state index in [9.17, 15) is 4.79 Å². The summed E-state index contributed by atoms with van der Waals surface area (Å²) in [5.41, 5.74) is 5.16. The molecule has 0 spiro atoms. The summed E-state index contributed by atoms with van der Waals surface area (Å²) in [5, 5.41) is 2.71. The third-order valence-electron chi connectivity index (χ3n) is 1.83. The number of nitrogens with two attached hydrogens (primary N) is 1. The van der Waals surface area contributed by atoms with Gasteiger partial charge in [0.2, 0.25) is 5.91 Å². The minimum Gasteiger partial charge on any atom is -0.393 e. The normalized spacial score (nSPS) is 11.1. The SMILES string of the molecule is CCOCC(=O)NCC(C)(C)C(N)=S. The standard InChI is InChI=1S/C9H18N2O2S/c1-4-13-5-7(12)11-6-9(2,3)8(10)14/h4-6H2,1-3H3,(H2,10,14)(H,11,12). The van der Waals surface area contributed by atoms with Gasteiger partial charge in [0.15, 0.2) is 0 Å². The minimum atomic E-state index is -0.350.